The van der Waals surface area contributed by atoms with Crippen molar-refractivity contribution in [2.75, 3.05) is 13.9 Å². The van der Waals surface area contributed by atoms with Gasteiger partial charge in [0.05, 0.1) is 12.6 Å². The summed E-state index contributed by atoms with van der Waals surface area (Å²) in [6.07, 6.45) is 1.70. The highest BCUT2D eigenvalue weighted by Gasteiger charge is 2.19. The number of hydrogen-bond donors (Lipinski definition) is 0. The van der Waals surface area contributed by atoms with Crippen LogP contribution in [0.15, 0.2) is 42.6 Å². The first-order valence-electron chi connectivity index (χ1n) is 6.78. The van der Waals surface area contributed by atoms with Crippen LogP contribution in [0, 0.1) is 5.82 Å². The molecule has 0 amide bonds. The van der Waals surface area contributed by atoms with E-state index in [0.29, 0.717) is 28.2 Å². The highest BCUT2D eigenvalue weighted by molar-refractivity contribution is 5.86. The molecule has 0 unspecified atom stereocenters. The standard InChI is InChI=1S/C17H12FNO3/c1-20-15-7-17-16(21-9-22-17)6-11(15)10-5-12-13(18)3-2-4-14(12)19-8-10/h2-8H,9H2,1H3. The van der Waals surface area contributed by atoms with Crippen molar-refractivity contribution in [3.05, 3.63) is 48.4 Å². The van der Waals surface area contributed by atoms with Gasteiger partial charge in [-0.05, 0) is 24.3 Å². The van der Waals surface area contributed by atoms with Gasteiger partial charge in [0.2, 0.25) is 6.79 Å². The van der Waals surface area contributed by atoms with Crippen LogP contribution in [0.3, 0.4) is 0 Å². The summed E-state index contributed by atoms with van der Waals surface area (Å²) < 4.78 is 30.1. The van der Waals surface area contributed by atoms with Gasteiger partial charge in [-0.2, -0.15) is 0 Å². The number of aromatic nitrogens is 1. The van der Waals surface area contributed by atoms with Gasteiger partial charge in [0, 0.05) is 28.8 Å². The average Bonchev–Trinajstić information content (AvgIpc) is 3.01. The molecular weight excluding hydrogens is 285 g/mol. The van der Waals surface area contributed by atoms with Crippen LogP contribution in [0.2, 0.25) is 0 Å². The molecule has 1 aliphatic rings. The molecule has 0 radical (unpaired) electrons. The van der Waals surface area contributed by atoms with E-state index in [0.717, 1.165) is 11.1 Å². The molecule has 0 N–H and O–H groups in total. The Balaban J connectivity index is 1.93. The zero-order valence-electron chi connectivity index (χ0n) is 11.8. The lowest BCUT2D eigenvalue weighted by Crippen LogP contribution is -1.92. The van der Waals surface area contributed by atoms with E-state index in [9.17, 15) is 4.39 Å². The number of ether oxygens (including phenoxy) is 3. The number of pyridine rings is 1. The molecule has 4 rings (SSSR count). The molecule has 22 heavy (non-hydrogen) atoms. The Morgan fingerprint density at radius 1 is 1.14 bits per heavy atom. The Morgan fingerprint density at radius 2 is 1.95 bits per heavy atom. The van der Waals surface area contributed by atoms with Gasteiger partial charge in [-0.1, -0.05) is 6.07 Å². The third-order valence-electron chi connectivity index (χ3n) is 3.68. The molecule has 5 heteroatoms. The van der Waals surface area contributed by atoms with Crippen LogP contribution in [0.5, 0.6) is 17.2 Å². The van der Waals surface area contributed by atoms with Crippen molar-refractivity contribution in [2.24, 2.45) is 0 Å². The van der Waals surface area contributed by atoms with Crippen molar-refractivity contribution in [3.63, 3.8) is 0 Å². The molecule has 0 atom stereocenters. The van der Waals surface area contributed by atoms with Gasteiger partial charge in [-0.15, -0.1) is 0 Å². The maximum atomic E-state index is 14.0. The zero-order chi connectivity index (χ0) is 15.1. The van der Waals surface area contributed by atoms with Crippen LogP contribution in [0.1, 0.15) is 0 Å². The lowest BCUT2D eigenvalue weighted by Gasteiger charge is -2.10. The summed E-state index contributed by atoms with van der Waals surface area (Å²) in [7, 11) is 1.58. The first-order chi connectivity index (χ1) is 10.8. The van der Waals surface area contributed by atoms with Crippen molar-refractivity contribution < 1.29 is 18.6 Å². The Hall–Kier alpha value is -2.82. The van der Waals surface area contributed by atoms with Crippen molar-refractivity contribution in [1.29, 1.82) is 0 Å². The zero-order valence-corrected chi connectivity index (χ0v) is 11.8. The monoisotopic (exact) mass is 297 g/mol. The quantitative estimate of drug-likeness (QED) is 0.722. The fourth-order valence-corrected chi connectivity index (χ4v) is 2.58. The van der Waals surface area contributed by atoms with E-state index in [1.165, 1.54) is 6.07 Å². The molecule has 0 fully saturated rings. The van der Waals surface area contributed by atoms with Crippen molar-refractivity contribution in [3.8, 4) is 28.4 Å². The molecule has 2 aromatic carbocycles. The summed E-state index contributed by atoms with van der Waals surface area (Å²) in [5.41, 5.74) is 2.15. The van der Waals surface area contributed by atoms with E-state index in [-0.39, 0.29) is 12.6 Å². The van der Waals surface area contributed by atoms with Crippen LogP contribution < -0.4 is 14.2 Å². The van der Waals surface area contributed by atoms with Crippen LogP contribution in [-0.2, 0) is 0 Å². The summed E-state index contributed by atoms with van der Waals surface area (Å²) in [4.78, 5) is 4.32. The highest BCUT2D eigenvalue weighted by atomic mass is 19.1. The molecular formula is C17H12FNO3. The minimum Gasteiger partial charge on any atom is -0.496 e. The van der Waals surface area contributed by atoms with Crippen LogP contribution >= 0.6 is 0 Å². The van der Waals surface area contributed by atoms with Gasteiger partial charge in [0.15, 0.2) is 11.5 Å². The minimum absolute atomic E-state index is 0.187. The van der Waals surface area contributed by atoms with Crippen LogP contribution in [0.25, 0.3) is 22.0 Å². The maximum Gasteiger partial charge on any atom is 0.231 e. The van der Waals surface area contributed by atoms with Crippen LogP contribution in [-0.4, -0.2) is 18.9 Å². The molecule has 1 aromatic heterocycles. The van der Waals surface area contributed by atoms with Crippen molar-refractivity contribution in [2.45, 2.75) is 0 Å². The summed E-state index contributed by atoms with van der Waals surface area (Å²) >= 11 is 0. The normalized spacial score (nSPS) is 12.6. The van der Waals surface area contributed by atoms with Crippen LogP contribution in [0.4, 0.5) is 4.39 Å². The molecule has 0 saturated heterocycles. The molecule has 1 aliphatic heterocycles. The Kier molecular flexibility index (Phi) is 2.85. The fourth-order valence-electron chi connectivity index (χ4n) is 2.58. The van der Waals surface area contributed by atoms with Gasteiger partial charge in [-0.25, -0.2) is 4.39 Å². The Bertz CT molecular complexity index is 879. The number of fused-ring (bicyclic) bond motifs is 2. The van der Waals surface area contributed by atoms with Gasteiger partial charge >= 0.3 is 0 Å². The largest absolute Gasteiger partial charge is 0.496 e. The predicted octanol–water partition coefficient (Wildman–Crippen LogP) is 3.78. The molecule has 3 aromatic rings. The summed E-state index contributed by atoms with van der Waals surface area (Å²) in [5, 5.41) is 0.472. The number of nitrogens with zero attached hydrogens (tertiary/aromatic N) is 1. The number of rotatable bonds is 2. The molecule has 110 valence electrons. The molecule has 2 heterocycles. The third-order valence-corrected chi connectivity index (χ3v) is 3.68. The van der Waals surface area contributed by atoms with Gasteiger partial charge in [-0.3, -0.25) is 4.98 Å². The van der Waals surface area contributed by atoms with E-state index >= 15 is 0 Å². The molecule has 0 bridgehead atoms. The second kappa shape index (κ2) is 4.87. The van der Waals surface area contributed by atoms with E-state index in [1.54, 1.807) is 37.6 Å². The number of hydrogen-bond acceptors (Lipinski definition) is 4. The van der Waals surface area contributed by atoms with Gasteiger partial charge in [0.25, 0.3) is 0 Å². The highest BCUT2D eigenvalue weighted by Crippen LogP contribution is 2.42. The first-order valence-corrected chi connectivity index (χ1v) is 6.78. The van der Waals surface area contributed by atoms with Gasteiger partial charge < -0.3 is 14.2 Å². The Labute approximate surface area is 126 Å². The summed E-state index contributed by atoms with van der Waals surface area (Å²) in [5.74, 6) is 1.61. The van der Waals surface area contributed by atoms with Gasteiger partial charge in [0.1, 0.15) is 11.6 Å². The summed E-state index contributed by atoms with van der Waals surface area (Å²) in [6.45, 7) is 0.187. The third kappa shape index (κ3) is 1.94. The predicted molar refractivity (Wildman–Crippen MR) is 79.8 cm³/mol. The number of methoxy groups -OCH3 is 1. The second-order valence-corrected chi connectivity index (χ2v) is 4.94. The van der Waals surface area contributed by atoms with E-state index < -0.39 is 0 Å². The molecule has 0 aliphatic carbocycles. The lowest BCUT2D eigenvalue weighted by molar-refractivity contribution is 0.174. The number of benzene rings is 2. The van der Waals surface area contributed by atoms with Crippen molar-refractivity contribution in [1.82, 2.24) is 4.98 Å². The minimum atomic E-state index is -0.299. The van der Waals surface area contributed by atoms with E-state index in [1.807, 2.05) is 6.07 Å². The first kappa shape index (κ1) is 12.9. The van der Waals surface area contributed by atoms with Crippen molar-refractivity contribution >= 4 is 10.9 Å². The molecule has 4 nitrogen and oxygen atoms in total. The SMILES string of the molecule is COc1cc2c(cc1-c1cnc3cccc(F)c3c1)OCO2. The maximum absolute atomic E-state index is 14.0. The van der Waals surface area contributed by atoms with E-state index in [4.69, 9.17) is 14.2 Å². The topological polar surface area (TPSA) is 40.6 Å². The molecule has 0 saturated carbocycles. The smallest absolute Gasteiger partial charge is 0.231 e. The number of halogens is 1. The summed E-state index contributed by atoms with van der Waals surface area (Å²) in [6, 6.07) is 10.2. The van der Waals surface area contributed by atoms with E-state index in [2.05, 4.69) is 4.98 Å². The second-order valence-electron chi connectivity index (χ2n) is 4.94. The molecule has 0 spiro atoms. The fraction of sp³-hybridized carbons (Fsp3) is 0.118. The average molecular weight is 297 g/mol. The Morgan fingerprint density at radius 3 is 2.77 bits per heavy atom. The lowest BCUT2D eigenvalue weighted by atomic mass is 10.0.